The van der Waals surface area contributed by atoms with Gasteiger partial charge in [-0.2, -0.15) is 4.98 Å². The van der Waals surface area contributed by atoms with Crippen molar-refractivity contribution in [2.75, 3.05) is 11.1 Å². The second kappa shape index (κ2) is 4.54. The van der Waals surface area contributed by atoms with Crippen LogP contribution in [0.1, 0.15) is 11.6 Å². The fraction of sp³-hybridized carbons (Fsp3) is 0.133. The average molecular weight is 318 g/mol. The zero-order valence-corrected chi connectivity index (χ0v) is 12.1. The first-order valence-corrected chi connectivity index (χ1v) is 8.32. The van der Waals surface area contributed by atoms with Gasteiger partial charge in [0.2, 0.25) is 0 Å². The Kier molecular flexibility index (Phi) is 2.74. The van der Waals surface area contributed by atoms with Gasteiger partial charge in [-0.3, -0.25) is 0 Å². The van der Waals surface area contributed by atoms with Crippen molar-refractivity contribution in [3.63, 3.8) is 0 Å². The maximum atomic E-state index is 13.2. The van der Waals surface area contributed by atoms with Gasteiger partial charge in [0.15, 0.2) is 15.4 Å². The van der Waals surface area contributed by atoms with Crippen LogP contribution in [-0.4, -0.2) is 19.2 Å². The number of oxazole rings is 1. The first-order chi connectivity index (χ1) is 10.5. The third-order valence-corrected chi connectivity index (χ3v) is 5.48. The molecular formula is C15H11FN2O3S. The van der Waals surface area contributed by atoms with Gasteiger partial charge in [0, 0.05) is 6.07 Å². The van der Waals surface area contributed by atoms with Crippen LogP contribution in [0, 0.1) is 5.82 Å². The van der Waals surface area contributed by atoms with Crippen molar-refractivity contribution >= 4 is 27.0 Å². The first kappa shape index (κ1) is 13.3. The van der Waals surface area contributed by atoms with Crippen LogP contribution >= 0.6 is 0 Å². The number of fused-ring (bicyclic) bond motifs is 2. The summed E-state index contributed by atoms with van der Waals surface area (Å²) in [6.45, 7) is 0. The molecule has 4 rings (SSSR count). The molecule has 1 aliphatic rings. The van der Waals surface area contributed by atoms with E-state index in [1.54, 1.807) is 24.3 Å². The normalized spacial score (nSPS) is 19.2. The zero-order valence-electron chi connectivity index (χ0n) is 11.3. The molecule has 5 nitrogen and oxygen atoms in total. The van der Waals surface area contributed by atoms with E-state index in [9.17, 15) is 12.8 Å². The van der Waals surface area contributed by atoms with Gasteiger partial charge in [-0.25, -0.2) is 12.8 Å². The fourth-order valence-corrected chi connectivity index (χ4v) is 4.42. The van der Waals surface area contributed by atoms with Gasteiger partial charge in [-0.1, -0.05) is 18.2 Å². The molecule has 0 spiro atoms. The molecule has 7 heteroatoms. The third-order valence-electron chi connectivity index (χ3n) is 3.66. The highest BCUT2D eigenvalue weighted by Gasteiger charge is 2.35. The molecule has 2 heterocycles. The number of halogens is 1. The Hall–Kier alpha value is -2.41. The Labute approximate surface area is 125 Å². The van der Waals surface area contributed by atoms with Gasteiger partial charge in [-0.05, 0) is 23.8 Å². The lowest BCUT2D eigenvalue weighted by Crippen LogP contribution is -2.13. The second-order valence-corrected chi connectivity index (χ2v) is 7.15. The molecule has 1 atom stereocenters. The standard InChI is InChI=1S/C15H11FN2O3S/c16-9-5-6-13-11(7-9)17-15(21-13)18-12-8-22(19,20)14-4-2-1-3-10(12)14/h1-7,12H,8H2,(H,17,18)/t12-/m1/s1. The number of hydrogen-bond acceptors (Lipinski definition) is 5. The number of nitrogens with one attached hydrogen (secondary N) is 1. The van der Waals surface area contributed by atoms with E-state index in [-0.39, 0.29) is 11.8 Å². The number of hydrogen-bond donors (Lipinski definition) is 1. The number of anilines is 1. The monoisotopic (exact) mass is 318 g/mol. The van der Waals surface area contributed by atoms with Gasteiger partial charge in [0.25, 0.3) is 6.01 Å². The summed E-state index contributed by atoms with van der Waals surface area (Å²) in [5, 5.41) is 2.98. The smallest absolute Gasteiger partial charge is 0.296 e. The van der Waals surface area contributed by atoms with E-state index in [4.69, 9.17) is 4.42 Å². The Morgan fingerprint density at radius 3 is 2.91 bits per heavy atom. The summed E-state index contributed by atoms with van der Waals surface area (Å²) >= 11 is 0. The van der Waals surface area contributed by atoms with Crippen molar-refractivity contribution in [1.29, 1.82) is 0 Å². The molecule has 1 aromatic heterocycles. The van der Waals surface area contributed by atoms with E-state index >= 15 is 0 Å². The molecule has 3 aromatic rings. The highest BCUT2D eigenvalue weighted by Crippen LogP contribution is 2.35. The van der Waals surface area contributed by atoms with Crippen LogP contribution < -0.4 is 5.32 Å². The highest BCUT2D eigenvalue weighted by molar-refractivity contribution is 7.91. The van der Waals surface area contributed by atoms with E-state index in [0.29, 0.717) is 21.6 Å². The van der Waals surface area contributed by atoms with Crippen LogP contribution in [0.15, 0.2) is 51.8 Å². The first-order valence-electron chi connectivity index (χ1n) is 6.67. The minimum absolute atomic E-state index is 0.0561. The van der Waals surface area contributed by atoms with E-state index in [1.807, 2.05) is 0 Å². The van der Waals surface area contributed by atoms with Crippen LogP contribution in [0.25, 0.3) is 11.1 Å². The van der Waals surface area contributed by atoms with E-state index in [0.717, 1.165) is 0 Å². The van der Waals surface area contributed by atoms with Gasteiger partial charge >= 0.3 is 0 Å². The van der Waals surface area contributed by atoms with E-state index in [1.165, 1.54) is 18.2 Å². The summed E-state index contributed by atoms with van der Waals surface area (Å²) in [6, 6.07) is 10.6. The van der Waals surface area contributed by atoms with E-state index < -0.39 is 21.7 Å². The summed E-state index contributed by atoms with van der Waals surface area (Å²) in [5.41, 5.74) is 1.52. The van der Waals surface area contributed by atoms with Gasteiger partial charge in [0.1, 0.15) is 11.3 Å². The van der Waals surface area contributed by atoms with Crippen LogP contribution in [0.3, 0.4) is 0 Å². The maximum Gasteiger partial charge on any atom is 0.296 e. The van der Waals surface area contributed by atoms with Gasteiger partial charge < -0.3 is 9.73 Å². The molecule has 0 radical (unpaired) electrons. The van der Waals surface area contributed by atoms with Crippen LogP contribution in [0.4, 0.5) is 10.4 Å². The van der Waals surface area contributed by atoms with Crippen molar-refractivity contribution in [3.05, 3.63) is 53.8 Å². The number of rotatable bonds is 2. The number of sulfone groups is 1. The Morgan fingerprint density at radius 2 is 2.05 bits per heavy atom. The predicted molar refractivity (Wildman–Crippen MR) is 78.8 cm³/mol. The summed E-state index contributed by atoms with van der Waals surface area (Å²) in [4.78, 5) is 4.47. The minimum Gasteiger partial charge on any atom is -0.424 e. The Morgan fingerprint density at radius 1 is 1.23 bits per heavy atom. The molecule has 22 heavy (non-hydrogen) atoms. The quantitative estimate of drug-likeness (QED) is 0.786. The molecule has 0 bridgehead atoms. The molecule has 1 N–H and O–H groups in total. The topological polar surface area (TPSA) is 72.2 Å². The molecule has 112 valence electrons. The molecule has 1 aliphatic heterocycles. The van der Waals surface area contributed by atoms with E-state index in [2.05, 4.69) is 10.3 Å². The van der Waals surface area contributed by atoms with Crippen LogP contribution in [0.2, 0.25) is 0 Å². The van der Waals surface area contributed by atoms with Crippen molar-refractivity contribution in [1.82, 2.24) is 4.98 Å². The van der Waals surface area contributed by atoms with Gasteiger partial charge in [0.05, 0.1) is 16.7 Å². The summed E-state index contributed by atoms with van der Waals surface area (Å²) in [6.07, 6.45) is 0. The Bertz CT molecular complexity index is 981. The maximum absolute atomic E-state index is 13.2. The van der Waals surface area contributed by atoms with Crippen molar-refractivity contribution in [3.8, 4) is 0 Å². The number of nitrogens with zero attached hydrogens (tertiary/aromatic N) is 1. The van der Waals surface area contributed by atoms with Crippen LogP contribution in [-0.2, 0) is 9.84 Å². The SMILES string of the molecule is O=S1(=O)C[C@@H](Nc2nc3cc(F)ccc3o2)c2ccccc21. The van der Waals surface area contributed by atoms with Crippen LogP contribution in [0.5, 0.6) is 0 Å². The lowest BCUT2D eigenvalue weighted by atomic mass is 10.1. The number of aromatic nitrogens is 1. The third kappa shape index (κ3) is 2.05. The Balaban J connectivity index is 1.71. The molecule has 0 saturated carbocycles. The fourth-order valence-electron chi connectivity index (χ4n) is 2.68. The molecule has 0 amide bonds. The molecule has 0 aliphatic carbocycles. The molecule has 0 saturated heterocycles. The second-order valence-electron chi connectivity index (χ2n) is 5.15. The number of benzene rings is 2. The molecule has 0 fully saturated rings. The molecule has 0 unspecified atom stereocenters. The van der Waals surface area contributed by atoms with Gasteiger partial charge in [-0.15, -0.1) is 0 Å². The van der Waals surface area contributed by atoms with Crippen molar-refractivity contribution in [2.24, 2.45) is 0 Å². The summed E-state index contributed by atoms with van der Waals surface area (Å²) < 4.78 is 42.9. The minimum atomic E-state index is -3.30. The largest absolute Gasteiger partial charge is 0.424 e. The van der Waals surface area contributed by atoms with Crippen molar-refractivity contribution < 1.29 is 17.2 Å². The lowest BCUT2D eigenvalue weighted by molar-refractivity contribution is 0.593. The predicted octanol–water partition coefficient (Wildman–Crippen LogP) is 2.91. The summed E-state index contributed by atoms with van der Waals surface area (Å²) in [7, 11) is -3.30. The zero-order chi connectivity index (χ0) is 15.3. The lowest BCUT2D eigenvalue weighted by Gasteiger charge is -2.09. The van der Waals surface area contributed by atoms with Crippen molar-refractivity contribution in [2.45, 2.75) is 10.9 Å². The average Bonchev–Trinajstić information content (AvgIpc) is 2.98. The highest BCUT2D eigenvalue weighted by atomic mass is 32.2. The summed E-state index contributed by atoms with van der Waals surface area (Å²) in [5.74, 6) is -0.458. The molecule has 2 aromatic carbocycles. The molecular weight excluding hydrogens is 307 g/mol.